The molecule has 0 spiro atoms. The second kappa shape index (κ2) is 4.97. The van der Waals surface area contributed by atoms with Crippen LogP contribution in [0, 0.1) is 0 Å². The predicted molar refractivity (Wildman–Crippen MR) is 53.6 cm³/mol. The highest BCUT2D eigenvalue weighted by atomic mass is 32.1. The summed E-state index contributed by atoms with van der Waals surface area (Å²) >= 11 is 1.66. The van der Waals surface area contributed by atoms with Crippen LogP contribution in [0.4, 0.5) is 0 Å². The molecule has 0 aliphatic carbocycles. The van der Waals surface area contributed by atoms with E-state index in [9.17, 15) is 4.79 Å². The Balaban J connectivity index is 2.41. The topological polar surface area (TPSA) is 42.0 Å². The van der Waals surface area contributed by atoms with E-state index in [4.69, 9.17) is 0 Å². The Morgan fingerprint density at radius 1 is 1.62 bits per heavy atom. The third kappa shape index (κ3) is 3.14. The maximum Gasteiger partial charge on any atom is 0.220 e. The van der Waals surface area contributed by atoms with Crippen LogP contribution in [0.3, 0.4) is 0 Å². The monoisotopic (exact) mass is 198 g/mol. The van der Waals surface area contributed by atoms with Gasteiger partial charge in [-0.15, -0.1) is 11.3 Å². The molecule has 0 bridgehead atoms. The minimum absolute atomic E-state index is 0.0893. The van der Waals surface area contributed by atoms with E-state index in [0.29, 0.717) is 13.0 Å². The number of carbonyl (C=O) groups excluding carboxylic acids is 1. The van der Waals surface area contributed by atoms with E-state index in [-0.39, 0.29) is 5.91 Å². The van der Waals surface area contributed by atoms with Crippen LogP contribution in [0.2, 0.25) is 0 Å². The van der Waals surface area contributed by atoms with Gasteiger partial charge in [0.05, 0.1) is 11.6 Å². The molecule has 0 saturated carbocycles. The van der Waals surface area contributed by atoms with Gasteiger partial charge in [-0.1, -0.05) is 13.8 Å². The Morgan fingerprint density at radius 2 is 2.38 bits per heavy atom. The summed E-state index contributed by atoms with van der Waals surface area (Å²) in [7, 11) is 0. The normalized spacial score (nSPS) is 10.0. The average molecular weight is 198 g/mol. The van der Waals surface area contributed by atoms with Gasteiger partial charge in [0.2, 0.25) is 5.91 Å². The van der Waals surface area contributed by atoms with Crippen molar-refractivity contribution in [2.75, 3.05) is 0 Å². The van der Waals surface area contributed by atoms with Gasteiger partial charge in [0.1, 0.15) is 0 Å². The van der Waals surface area contributed by atoms with Gasteiger partial charge in [0.15, 0.2) is 0 Å². The van der Waals surface area contributed by atoms with Gasteiger partial charge in [0, 0.05) is 17.5 Å². The molecular weight excluding hydrogens is 184 g/mol. The molecule has 1 aromatic rings. The fraction of sp³-hybridized carbons (Fsp3) is 0.556. The summed E-state index contributed by atoms with van der Waals surface area (Å²) in [6.45, 7) is 4.54. The summed E-state index contributed by atoms with van der Waals surface area (Å²) in [4.78, 5) is 16.3. The van der Waals surface area contributed by atoms with Crippen LogP contribution in [-0.2, 0) is 17.8 Å². The molecule has 3 nitrogen and oxygen atoms in total. The lowest BCUT2D eigenvalue weighted by atomic mass is 10.4. The number of carbonyl (C=O) groups is 1. The minimum Gasteiger partial charge on any atom is -0.351 e. The number of amides is 1. The van der Waals surface area contributed by atoms with Gasteiger partial charge in [-0.05, 0) is 6.42 Å². The van der Waals surface area contributed by atoms with Crippen molar-refractivity contribution < 1.29 is 4.79 Å². The van der Waals surface area contributed by atoms with E-state index < -0.39 is 0 Å². The number of thiazole rings is 1. The van der Waals surface area contributed by atoms with Crippen LogP contribution in [-0.4, -0.2) is 10.9 Å². The molecule has 0 saturated heterocycles. The molecule has 0 radical (unpaired) electrons. The largest absolute Gasteiger partial charge is 0.351 e. The minimum atomic E-state index is 0.0893. The number of aromatic nitrogens is 1. The lowest BCUT2D eigenvalue weighted by Gasteiger charge is -1.98. The van der Waals surface area contributed by atoms with Crippen LogP contribution in [0.25, 0.3) is 0 Å². The van der Waals surface area contributed by atoms with E-state index in [1.54, 1.807) is 11.3 Å². The summed E-state index contributed by atoms with van der Waals surface area (Å²) < 4.78 is 0. The van der Waals surface area contributed by atoms with Gasteiger partial charge in [-0.3, -0.25) is 4.79 Å². The number of rotatable bonds is 4. The number of hydrogen-bond acceptors (Lipinski definition) is 3. The third-order valence-corrected chi connectivity index (χ3v) is 2.83. The standard InChI is InChI=1S/C9H14N2OS/c1-3-8(12)10-5-7-6-11-9(4-2)13-7/h6H,3-5H2,1-2H3,(H,10,12). The second-order valence-corrected chi connectivity index (χ2v) is 3.90. The number of nitrogens with zero attached hydrogens (tertiary/aromatic N) is 1. The van der Waals surface area contributed by atoms with Gasteiger partial charge in [0.25, 0.3) is 0 Å². The average Bonchev–Trinajstić information content (AvgIpc) is 2.61. The molecule has 1 aromatic heterocycles. The van der Waals surface area contributed by atoms with E-state index in [0.717, 1.165) is 16.3 Å². The molecular formula is C9H14N2OS. The van der Waals surface area contributed by atoms with Crippen molar-refractivity contribution in [1.82, 2.24) is 10.3 Å². The lowest BCUT2D eigenvalue weighted by Crippen LogP contribution is -2.20. The first kappa shape index (κ1) is 10.2. The highest BCUT2D eigenvalue weighted by Gasteiger charge is 2.01. The quantitative estimate of drug-likeness (QED) is 0.800. The highest BCUT2D eigenvalue weighted by molar-refractivity contribution is 7.11. The first-order valence-electron chi connectivity index (χ1n) is 4.46. The van der Waals surface area contributed by atoms with Crippen molar-refractivity contribution in [3.8, 4) is 0 Å². The van der Waals surface area contributed by atoms with Crippen LogP contribution in [0.15, 0.2) is 6.20 Å². The van der Waals surface area contributed by atoms with E-state index >= 15 is 0 Å². The second-order valence-electron chi connectivity index (χ2n) is 2.70. The summed E-state index contributed by atoms with van der Waals surface area (Å²) in [6, 6.07) is 0. The zero-order valence-corrected chi connectivity index (χ0v) is 8.78. The summed E-state index contributed by atoms with van der Waals surface area (Å²) in [5.41, 5.74) is 0. The molecule has 0 atom stereocenters. The molecule has 1 N–H and O–H groups in total. The summed E-state index contributed by atoms with van der Waals surface area (Å²) in [5, 5.41) is 3.94. The highest BCUT2D eigenvalue weighted by Crippen LogP contribution is 2.12. The molecule has 13 heavy (non-hydrogen) atoms. The van der Waals surface area contributed by atoms with Crippen LogP contribution >= 0.6 is 11.3 Å². The molecule has 0 aromatic carbocycles. The lowest BCUT2D eigenvalue weighted by molar-refractivity contribution is -0.120. The van der Waals surface area contributed by atoms with E-state index in [1.165, 1.54) is 0 Å². The Hall–Kier alpha value is -0.900. The zero-order chi connectivity index (χ0) is 9.68. The molecule has 0 aliphatic rings. The van der Waals surface area contributed by atoms with Crippen LogP contribution in [0.1, 0.15) is 30.2 Å². The molecule has 4 heteroatoms. The summed E-state index contributed by atoms with van der Waals surface area (Å²) in [5.74, 6) is 0.0893. The Labute approximate surface area is 82.2 Å². The first-order chi connectivity index (χ1) is 6.26. The van der Waals surface area contributed by atoms with Crippen molar-refractivity contribution in [3.05, 3.63) is 16.1 Å². The van der Waals surface area contributed by atoms with Crippen molar-refractivity contribution in [3.63, 3.8) is 0 Å². The van der Waals surface area contributed by atoms with Crippen LogP contribution < -0.4 is 5.32 Å². The van der Waals surface area contributed by atoms with Crippen LogP contribution in [0.5, 0.6) is 0 Å². The smallest absolute Gasteiger partial charge is 0.220 e. The molecule has 72 valence electrons. The third-order valence-electron chi connectivity index (χ3n) is 1.68. The molecule has 0 aliphatic heterocycles. The van der Waals surface area contributed by atoms with Crippen molar-refractivity contribution in [1.29, 1.82) is 0 Å². The molecule has 1 amide bonds. The molecule has 1 heterocycles. The predicted octanol–water partition coefficient (Wildman–Crippen LogP) is 1.73. The fourth-order valence-corrected chi connectivity index (χ4v) is 1.71. The molecule has 1 rings (SSSR count). The number of nitrogens with one attached hydrogen (secondary N) is 1. The Bertz CT molecular complexity index is 283. The number of aryl methyl sites for hydroxylation is 1. The zero-order valence-electron chi connectivity index (χ0n) is 7.96. The Morgan fingerprint density at radius 3 is 2.92 bits per heavy atom. The molecule has 0 fully saturated rings. The van der Waals surface area contributed by atoms with Gasteiger partial charge in [-0.2, -0.15) is 0 Å². The van der Waals surface area contributed by atoms with Crippen molar-refractivity contribution >= 4 is 17.2 Å². The maximum absolute atomic E-state index is 10.9. The maximum atomic E-state index is 10.9. The van der Waals surface area contributed by atoms with Crippen molar-refractivity contribution in [2.24, 2.45) is 0 Å². The number of hydrogen-bond donors (Lipinski definition) is 1. The van der Waals surface area contributed by atoms with Gasteiger partial charge in [-0.25, -0.2) is 4.98 Å². The van der Waals surface area contributed by atoms with E-state index in [2.05, 4.69) is 17.2 Å². The van der Waals surface area contributed by atoms with Gasteiger partial charge < -0.3 is 5.32 Å². The molecule has 0 unspecified atom stereocenters. The SMILES string of the molecule is CCC(=O)NCc1cnc(CC)s1. The van der Waals surface area contributed by atoms with E-state index in [1.807, 2.05) is 13.1 Å². The Kier molecular flexibility index (Phi) is 3.89. The first-order valence-corrected chi connectivity index (χ1v) is 5.28. The fourth-order valence-electron chi connectivity index (χ4n) is 0.904. The summed E-state index contributed by atoms with van der Waals surface area (Å²) in [6.07, 6.45) is 3.34. The van der Waals surface area contributed by atoms with Crippen molar-refractivity contribution in [2.45, 2.75) is 33.2 Å². The van der Waals surface area contributed by atoms with Gasteiger partial charge >= 0.3 is 0 Å².